The maximum Gasteiger partial charge on any atom is 0.236 e. The largest absolute Gasteiger partial charge is 0.497 e. The summed E-state index contributed by atoms with van der Waals surface area (Å²) in [4.78, 5) is 4.45. The van der Waals surface area contributed by atoms with Gasteiger partial charge in [-0.1, -0.05) is 35.0 Å². The first-order valence-corrected chi connectivity index (χ1v) is 9.64. The van der Waals surface area contributed by atoms with Gasteiger partial charge in [-0.15, -0.1) is 0 Å². The molecule has 0 unspecified atom stereocenters. The predicted octanol–water partition coefficient (Wildman–Crippen LogP) is 4.76. The molecule has 1 heterocycles. The van der Waals surface area contributed by atoms with Crippen LogP contribution >= 0.6 is 11.8 Å². The zero-order valence-corrected chi connectivity index (χ0v) is 15.8. The maximum absolute atomic E-state index is 5.71. The fourth-order valence-corrected chi connectivity index (χ4v) is 3.07. The zero-order chi connectivity index (χ0) is 18.2. The van der Waals surface area contributed by atoms with Crippen molar-refractivity contribution in [3.05, 3.63) is 60.0 Å². The van der Waals surface area contributed by atoms with Crippen LogP contribution in [-0.2, 0) is 5.75 Å². The quantitative estimate of drug-likeness (QED) is 0.506. The third kappa shape index (κ3) is 5.26. The zero-order valence-electron chi connectivity index (χ0n) is 15.0. The van der Waals surface area contributed by atoms with Gasteiger partial charge >= 0.3 is 0 Å². The fourth-order valence-electron chi connectivity index (χ4n) is 2.32. The molecule has 3 rings (SSSR count). The minimum absolute atomic E-state index is 0.642. The molecule has 0 aliphatic carbocycles. The van der Waals surface area contributed by atoms with Crippen LogP contribution in [0.1, 0.15) is 17.9 Å². The van der Waals surface area contributed by atoms with Gasteiger partial charge in [-0.2, -0.15) is 16.7 Å². The van der Waals surface area contributed by atoms with Crippen molar-refractivity contribution in [2.45, 2.75) is 19.1 Å². The molecule has 2 aromatic carbocycles. The smallest absolute Gasteiger partial charge is 0.236 e. The van der Waals surface area contributed by atoms with Gasteiger partial charge in [0, 0.05) is 5.56 Å². The highest BCUT2D eigenvalue weighted by atomic mass is 32.2. The molecule has 0 saturated heterocycles. The summed E-state index contributed by atoms with van der Waals surface area (Å²) < 4.78 is 16.2. The summed E-state index contributed by atoms with van der Waals surface area (Å²) in [6.45, 7) is 2.73. The van der Waals surface area contributed by atoms with Crippen molar-refractivity contribution < 1.29 is 14.0 Å². The summed E-state index contributed by atoms with van der Waals surface area (Å²) in [6, 6.07) is 15.7. The van der Waals surface area contributed by atoms with E-state index in [4.69, 9.17) is 14.0 Å². The normalized spacial score (nSPS) is 10.7. The Balaban J connectivity index is 1.35. The van der Waals surface area contributed by atoms with Crippen LogP contribution < -0.4 is 9.47 Å². The van der Waals surface area contributed by atoms with Crippen molar-refractivity contribution >= 4 is 11.8 Å². The van der Waals surface area contributed by atoms with Crippen molar-refractivity contribution in [1.29, 1.82) is 0 Å². The van der Waals surface area contributed by atoms with Crippen LogP contribution in [0.4, 0.5) is 0 Å². The summed E-state index contributed by atoms with van der Waals surface area (Å²) >= 11 is 1.76. The van der Waals surface area contributed by atoms with Gasteiger partial charge in [0.15, 0.2) is 0 Å². The molecule has 0 aliphatic heterocycles. The molecule has 0 atom stereocenters. The van der Waals surface area contributed by atoms with Crippen LogP contribution in [0.25, 0.3) is 11.4 Å². The van der Waals surface area contributed by atoms with Gasteiger partial charge in [-0.25, -0.2) is 0 Å². The lowest BCUT2D eigenvalue weighted by Gasteiger charge is -2.06. The second-order valence-electron chi connectivity index (χ2n) is 5.81. The lowest BCUT2D eigenvalue weighted by atomic mass is 10.1. The van der Waals surface area contributed by atoms with Gasteiger partial charge in [0.2, 0.25) is 11.7 Å². The maximum atomic E-state index is 5.71. The monoisotopic (exact) mass is 370 g/mol. The van der Waals surface area contributed by atoms with Crippen molar-refractivity contribution in [2.75, 3.05) is 19.5 Å². The SMILES string of the molecule is COc1ccc(OCCCSCc2nc(-c3ccc(C)cc3)no2)cc1. The van der Waals surface area contributed by atoms with E-state index in [1.165, 1.54) is 5.56 Å². The van der Waals surface area contributed by atoms with Gasteiger partial charge in [-0.05, 0) is 43.4 Å². The standard InChI is InChI=1S/C20H22N2O3S/c1-15-4-6-16(7-5-15)20-21-19(25-22-20)14-26-13-3-12-24-18-10-8-17(23-2)9-11-18/h4-11H,3,12-14H2,1-2H3. The second kappa shape index (κ2) is 9.29. The average Bonchev–Trinajstić information content (AvgIpc) is 3.14. The van der Waals surface area contributed by atoms with Gasteiger partial charge in [-0.3, -0.25) is 0 Å². The third-order valence-electron chi connectivity index (χ3n) is 3.76. The first kappa shape index (κ1) is 18.3. The van der Waals surface area contributed by atoms with E-state index in [1.54, 1.807) is 18.9 Å². The fraction of sp³-hybridized carbons (Fsp3) is 0.300. The Morgan fingerprint density at radius 2 is 1.73 bits per heavy atom. The number of ether oxygens (including phenoxy) is 2. The number of nitrogens with zero attached hydrogens (tertiary/aromatic N) is 2. The van der Waals surface area contributed by atoms with Crippen LogP contribution in [0.5, 0.6) is 11.5 Å². The van der Waals surface area contributed by atoms with Gasteiger partial charge in [0.25, 0.3) is 0 Å². The minimum Gasteiger partial charge on any atom is -0.497 e. The van der Waals surface area contributed by atoms with Gasteiger partial charge in [0.1, 0.15) is 11.5 Å². The second-order valence-corrected chi connectivity index (χ2v) is 6.91. The highest BCUT2D eigenvalue weighted by molar-refractivity contribution is 7.98. The van der Waals surface area contributed by atoms with Crippen molar-refractivity contribution in [3.63, 3.8) is 0 Å². The molecule has 0 radical (unpaired) electrons. The van der Waals surface area contributed by atoms with E-state index in [0.717, 1.165) is 29.2 Å². The van der Waals surface area contributed by atoms with Crippen LogP contribution in [0.2, 0.25) is 0 Å². The predicted molar refractivity (Wildman–Crippen MR) is 104 cm³/mol. The molecule has 136 valence electrons. The Bertz CT molecular complexity index is 801. The molecular formula is C20H22N2O3S. The number of aryl methyl sites for hydroxylation is 1. The summed E-state index contributed by atoms with van der Waals surface area (Å²) in [5, 5.41) is 4.05. The molecule has 0 fully saturated rings. The summed E-state index contributed by atoms with van der Waals surface area (Å²) in [6.07, 6.45) is 0.954. The van der Waals surface area contributed by atoms with E-state index >= 15 is 0 Å². The van der Waals surface area contributed by atoms with Crippen LogP contribution in [-0.4, -0.2) is 29.6 Å². The number of aromatic nitrogens is 2. The Hall–Kier alpha value is -2.47. The molecule has 0 saturated carbocycles. The Kier molecular flexibility index (Phi) is 6.55. The molecule has 26 heavy (non-hydrogen) atoms. The molecule has 1 aromatic heterocycles. The van der Waals surface area contributed by atoms with Crippen molar-refractivity contribution in [2.24, 2.45) is 0 Å². The highest BCUT2D eigenvalue weighted by Gasteiger charge is 2.08. The molecular weight excluding hydrogens is 348 g/mol. The van der Waals surface area contributed by atoms with E-state index in [0.29, 0.717) is 24.1 Å². The van der Waals surface area contributed by atoms with Gasteiger partial charge < -0.3 is 14.0 Å². The molecule has 0 aliphatic rings. The number of hydrogen-bond acceptors (Lipinski definition) is 6. The lowest BCUT2D eigenvalue weighted by Crippen LogP contribution is -1.99. The first-order chi connectivity index (χ1) is 12.7. The van der Waals surface area contributed by atoms with E-state index < -0.39 is 0 Å². The number of benzene rings is 2. The average molecular weight is 370 g/mol. The molecule has 5 nitrogen and oxygen atoms in total. The molecule has 0 amide bonds. The topological polar surface area (TPSA) is 57.4 Å². The van der Waals surface area contributed by atoms with Crippen molar-refractivity contribution in [1.82, 2.24) is 10.1 Å². The van der Waals surface area contributed by atoms with E-state index in [1.807, 2.05) is 48.5 Å². The number of methoxy groups -OCH3 is 1. The van der Waals surface area contributed by atoms with Gasteiger partial charge in [0.05, 0.1) is 19.5 Å². The number of hydrogen-bond donors (Lipinski definition) is 0. The Morgan fingerprint density at radius 1 is 1.00 bits per heavy atom. The Labute approximate surface area is 157 Å². The number of thioether (sulfide) groups is 1. The molecule has 0 N–H and O–H groups in total. The Morgan fingerprint density at radius 3 is 2.46 bits per heavy atom. The van der Waals surface area contributed by atoms with Crippen LogP contribution in [0, 0.1) is 6.92 Å². The minimum atomic E-state index is 0.642. The van der Waals surface area contributed by atoms with Crippen LogP contribution in [0.15, 0.2) is 53.1 Å². The molecule has 6 heteroatoms. The highest BCUT2D eigenvalue weighted by Crippen LogP contribution is 2.20. The summed E-state index contributed by atoms with van der Waals surface area (Å²) in [7, 11) is 1.65. The van der Waals surface area contributed by atoms with E-state index in [9.17, 15) is 0 Å². The third-order valence-corrected chi connectivity index (χ3v) is 4.79. The van der Waals surface area contributed by atoms with Crippen molar-refractivity contribution in [3.8, 4) is 22.9 Å². The molecule has 0 spiro atoms. The molecule has 3 aromatic rings. The first-order valence-electron chi connectivity index (χ1n) is 8.49. The number of rotatable bonds is 9. The van der Waals surface area contributed by atoms with Crippen LogP contribution in [0.3, 0.4) is 0 Å². The van der Waals surface area contributed by atoms with E-state index in [-0.39, 0.29) is 0 Å². The van der Waals surface area contributed by atoms with E-state index in [2.05, 4.69) is 17.1 Å². The lowest BCUT2D eigenvalue weighted by molar-refractivity contribution is 0.318. The molecule has 0 bridgehead atoms. The summed E-state index contributed by atoms with van der Waals surface area (Å²) in [5.74, 6) is 4.66. The summed E-state index contributed by atoms with van der Waals surface area (Å²) in [5.41, 5.74) is 2.19.